The number of hydrogen-bond donors (Lipinski definition) is 1. The number of quaternary nitrogens is 1. The number of halogens is 4. The number of nitrogens with one attached hydrogen (secondary N) is 1. The van der Waals surface area contributed by atoms with Gasteiger partial charge in [-0.1, -0.05) is 13.2 Å². The van der Waals surface area contributed by atoms with E-state index in [0.717, 1.165) is 13.1 Å². The van der Waals surface area contributed by atoms with Crippen LogP contribution in [0.5, 0.6) is 0 Å². The minimum atomic E-state index is -6.00. The van der Waals surface area contributed by atoms with Crippen LogP contribution in [-0.4, -0.2) is 26.9 Å². The van der Waals surface area contributed by atoms with Gasteiger partial charge in [0.25, 0.3) is 0 Å². The average Bonchev–Trinajstić information content (AvgIpc) is 2.02. The average molecular weight is 224 g/mol. The van der Waals surface area contributed by atoms with Gasteiger partial charge in [0.15, 0.2) is 6.54 Å². The molecule has 0 radical (unpaired) electrons. The van der Waals surface area contributed by atoms with Crippen molar-refractivity contribution in [3.63, 3.8) is 0 Å². The Bertz CT molecular complexity index is 206. The fraction of sp³-hybridized carbons (Fsp3) is 0.375. The van der Waals surface area contributed by atoms with E-state index in [-0.39, 0.29) is 0 Å². The minimum Gasteiger partial charge on any atom is -0.418 e. The van der Waals surface area contributed by atoms with Crippen molar-refractivity contribution in [2.75, 3.05) is 19.6 Å². The summed E-state index contributed by atoms with van der Waals surface area (Å²) in [7, 11) is -6.00. The van der Waals surface area contributed by atoms with Gasteiger partial charge < -0.3 is 22.2 Å². The van der Waals surface area contributed by atoms with E-state index >= 15 is 0 Å². The molecule has 0 heterocycles. The molecule has 2 nitrogen and oxygen atoms in total. The Labute approximate surface area is 86.6 Å². The van der Waals surface area contributed by atoms with Crippen LogP contribution >= 0.6 is 0 Å². The predicted octanol–water partition coefficient (Wildman–Crippen LogP) is 1.07. The molecule has 0 rings (SSSR count). The highest BCUT2D eigenvalue weighted by atomic mass is 19.5. The quantitative estimate of drug-likeness (QED) is 0.321. The molecule has 0 unspecified atom stereocenters. The van der Waals surface area contributed by atoms with Gasteiger partial charge in [0.2, 0.25) is 0 Å². The highest BCUT2D eigenvalue weighted by Crippen LogP contribution is 2.06. The Morgan fingerprint density at radius 1 is 1.13 bits per heavy atom. The molecule has 0 amide bonds. The summed E-state index contributed by atoms with van der Waals surface area (Å²) >= 11 is 0. The molecule has 1 N–H and O–H groups in total. The lowest BCUT2D eigenvalue weighted by atomic mass is 10.3. The van der Waals surface area contributed by atoms with Gasteiger partial charge in [-0.05, 0) is 12.2 Å². The van der Waals surface area contributed by atoms with Gasteiger partial charge in [-0.15, -0.1) is 0 Å². The highest BCUT2D eigenvalue weighted by molar-refractivity contribution is 6.50. The van der Waals surface area contributed by atoms with Crippen molar-refractivity contribution in [3.05, 3.63) is 25.3 Å². The summed E-state index contributed by atoms with van der Waals surface area (Å²) in [5, 5.41) is 8.35. The molecule has 86 valence electrons. The lowest BCUT2D eigenvalue weighted by Gasteiger charge is -2.10. The summed E-state index contributed by atoms with van der Waals surface area (Å²) < 4.78 is 39.0. The van der Waals surface area contributed by atoms with Gasteiger partial charge in [0, 0.05) is 0 Å². The van der Waals surface area contributed by atoms with E-state index in [4.69, 9.17) is 5.26 Å². The minimum absolute atomic E-state index is 0.526. The van der Waals surface area contributed by atoms with Crippen LogP contribution in [0.3, 0.4) is 0 Å². The molecule has 0 aliphatic carbocycles. The molecule has 0 saturated heterocycles. The molecule has 0 aromatic rings. The lowest BCUT2D eigenvalue weighted by Crippen LogP contribution is -3.11. The Hall–Kier alpha value is -1.29. The fourth-order valence-electron chi connectivity index (χ4n) is 0.748. The van der Waals surface area contributed by atoms with E-state index in [1.807, 2.05) is 12.2 Å². The molecular weight excluding hydrogens is 211 g/mol. The molecule has 7 heteroatoms. The van der Waals surface area contributed by atoms with E-state index in [0.29, 0.717) is 6.54 Å². The molecular formula is C8H13BF4N2. The van der Waals surface area contributed by atoms with Gasteiger partial charge >= 0.3 is 7.25 Å². The maximum absolute atomic E-state index is 9.75. The largest absolute Gasteiger partial charge is 0.673 e. The van der Waals surface area contributed by atoms with Gasteiger partial charge in [-0.25, -0.2) is 0 Å². The first-order valence-corrected chi connectivity index (χ1v) is 4.14. The van der Waals surface area contributed by atoms with Crippen LogP contribution in [0, 0.1) is 11.3 Å². The zero-order chi connectivity index (χ0) is 12.3. The third-order valence-electron chi connectivity index (χ3n) is 1.20. The molecule has 0 aromatic carbocycles. The first-order valence-electron chi connectivity index (χ1n) is 4.14. The number of hydrogen-bond acceptors (Lipinski definition) is 1. The van der Waals surface area contributed by atoms with Crippen LogP contribution in [0.25, 0.3) is 0 Å². The van der Waals surface area contributed by atoms with E-state index in [1.54, 1.807) is 0 Å². The number of rotatable bonds is 5. The standard InChI is InChI=1S/C8H12N2.BF4/c1-3-6-10(7-4-2)8-5-9;2-1(3,4)5/h3-4H,1-2,6-8H2;/q;-1/p+1. The number of nitriles is 1. The van der Waals surface area contributed by atoms with Crippen molar-refractivity contribution in [2.24, 2.45) is 0 Å². The first kappa shape index (κ1) is 16.2. The van der Waals surface area contributed by atoms with Crippen LogP contribution in [0.2, 0.25) is 0 Å². The third-order valence-corrected chi connectivity index (χ3v) is 1.20. The second-order valence-electron chi connectivity index (χ2n) is 2.57. The molecule has 15 heavy (non-hydrogen) atoms. The van der Waals surface area contributed by atoms with Crippen LogP contribution < -0.4 is 4.90 Å². The van der Waals surface area contributed by atoms with Crippen molar-refractivity contribution >= 4 is 7.25 Å². The van der Waals surface area contributed by atoms with Crippen molar-refractivity contribution in [1.29, 1.82) is 5.26 Å². The molecule has 0 fully saturated rings. The first-order chi connectivity index (χ1) is 6.85. The van der Waals surface area contributed by atoms with Crippen LogP contribution in [0.15, 0.2) is 25.3 Å². The predicted molar refractivity (Wildman–Crippen MR) is 51.8 cm³/mol. The zero-order valence-electron chi connectivity index (χ0n) is 8.23. The van der Waals surface area contributed by atoms with Crippen molar-refractivity contribution < 1.29 is 22.2 Å². The third kappa shape index (κ3) is 24.5. The number of nitrogens with zero attached hydrogens (tertiary/aromatic N) is 1. The normalized spacial score (nSPS) is 9.87. The van der Waals surface area contributed by atoms with Crippen LogP contribution in [-0.2, 0) is 0 Å². The Morgan fingerprint density at radius 2 is 1.47 bits per heavy atom. The maximum Gasteiger partial charge on any atom is 0.673 e. The molecule has 0 spiro atoms. The molecule has 0 atom stereocenters. The van der Waals surface area contributed by atoms with Gasteiger partial charge in [0.05, 0.1) is 13.1 Å². The van der Waals surface area contributed by atoms with Gasteiger partial charge in [0.1, 0.15) is 6.07 Å². The lowest BCUT2D eigenvalue weighted by molar-refractivity contribution is -0.880. The maximum atomic E-state index is 9.75. The molecule has 0 aliphatic heterocycles. The summed E-state index contributed by atoms with van der Waals surface area (Å²) in [5.41, 5.74) is 0. The zero-order valence-corrected chi connectivity index (χ0v) is 8.23. The monoisotopic (exact) mass is 224 g/mol. The molecule has 0 saturated carbocycles. The van der Waals surface area contributed by atoms with E-state index in [9.17, 15) is 17.3 Å². The summed E-state index contributed by atoms with van der Waals surface area (Å²) in [6.45, 7) is 9.39. The molecule has 0 bridgehead atoms. The summed E-state index contributed by atoms with van der Waals surface area (Å²) in [5.74, 6) is 0. The highest BCUT2D eigenvalue weighted by Gasteiger charge is 2.20. The summed E-state index contributed by atoms with van der Waals surface area (Å²) in [6, 6.07) is 2.10. The van der Waals surface area contributed by atoms with E-state index < -0.39 is 7.25 Å². The summed E-state index contributed by atoms with van der Waals surface area (Å²) in [6.07, 6.45) is 3.63. The van der Waals surface area contributed by atoms with Crippen molar-refractivity contribution in [2.45, 2.75) is 0 Å². The fourth-order valence-corrected chi connectivity index (χ4v) is 0.748. The van der Waals surface area contributed by atoms with Crippen LogP contribution in [0.1, 0.15) is 0 Å². The van der Waals surface area contributed by atoms with Gasteiger partial charge in [-0.2, -0.15) is 5.26 Å². The van der Waals surface area contributed by atoms with E-state index in [1.165, 1.54) is 4.90 Å². The Balaban J connectivity index is 0. The second-order valence-corrected chi connectivity index (χ2v) is 2.57. The SMILES string of the molecule is C=CC[NH+](CC#N)CC=C.F[B-](F)(F)F. The Morgan fingerprint density at radius 3 is 1.67 bits per heavy atom. The molecule has 0 aromatic heterocycles. The van der Waals surface area contributed by atoms with Gasteiger partial charge in [-0.3, -0.25) is 0 Å². The molecule has 0 aliphatic rings. The topological polar surface area (TPSA) is 28.2 Å². The Kier molecular flexibility index (Phi) is 9.99. The second kappa shape index (κ2) is 9.28. The van der Waals surface area contributed by atoms with Crippen molar-refractivity contribution in [1.82, 2.24) is 0 Å². The van der Waals surface area contributed by atoms with E-state index in [2.05, 4.69) is 19.2 Å². The van der Waals surface area contributed by atoms with Crippen LogP contribution in [0.4, 0.5) is 17.3 Å². The summed E-state index contributed by atoms with van der Waals surface area (Å²) in [4.78, 5) is 1.19. The van der Waals surface area contributed by atoms with Crippen molar-refractivity contribution in [3.8, 4) is 6.07 Å². The smallest absolute Gasteiger partial charge is 0.418 e.